The molecule has 2 aliphatic rings. The number of halogens is 1. The van der Waals surface area contributed by atoms with Gasteiger partial charge in [-0.05, 0) is 43.4 Å². The smallest absolute Gasteiger partial charge is 0.264 e. The Bertz CT molecular complexity index is 784. The van der Waals surface area contributed by atoms with Crippen molar-refractivity contribution < 1.29 is 8.42 Å². The van der Waals surface area contributed by atoms with Crippen LogP contribution in [0.15, 0.2) is 39.3 Å². The molecule has 1 N–H and O–H groups in total. The summed E-state index contributed by atoms with van der Waals surface area (Å²) in [5, 5.41) is 0. The SMILES string of the molecule is CC1=C(c2cccc(Br)c2)S(=O)(=O)NC1=NC1CCCCC1C. The summed E-state index contributed by atoms with van der Waals surface area (Å²) in [4.78, 5) is 5.08. The highest BCUT2D eigenvalue weighted by Crippen LogP contribution is 2.33. The summed E-state index contributed by atoms with van der Waals surface area (Å²) in [6.07, 6.45) is 4.60. The van der Waals surface area contributed by atoms with E-state index in [0.29, 0.717) is 27.8 Å². The minimum atomic E-state index is -3.55. The van der Waals surface area contributed by atoms with Crippen LogP contribution in [0.5, 0.6) is 0 Å². The van der Waals surface area contributed by atoms with Crippen LogP contribution in [0.2, 0.25) is 0 Å². The van der Waals surface area contributed by atoms with E-state index in [1.165, 1.54) is 12.8 Å². The third-order valence-electron chi connectivity index (χ3n) is 4.64. The van der Waals surface area contributed by atoms with Crippen molar-refractivity contribution in [1.29, 1.82) is 0 Å². The van der Waals surface area contributed by atoms with E-state index < -0.39 is 10.0 Å². The number of hydrogen-bond acceptors (Lipinski definition) is 3. The van der Waals surface area contributed by atoms with E-state index >= 15 is 0 Å². The first-order valence-electron chi connectivity index (χ1n) is 7.96. The van der Waals surface area contributed by atoms with Crippen LogP contribution in [0.3, 0.4) is 0 Å². The number of sulfonamides is 1. The third kappa shape index (κ3) is 3.38. The molecule has 0 amide bonds. The van der Waals surface area contributed by atoms with Gasteiger partial charge < -0.3 is 0 Å². The van der Waals surface area contributed by atoms with Gasteiger partial charge in [-0.3, -0.25) is 9.71 Å². The molecule has 124 valence electrons. The lowest BCUT2D eigenvalue weighted by Crippen LogP contribution is -2.28. The van der Waals surface area contributed by atoms with E-state index in [1.54, 1.807) is 0 Å². The molecule has 0 radical (unpaired) electrons. The summed E-state index contributed by atoms with van der Waals surface area (Å²) in [5.41, 5.74) is 1.40. The fourth-order valence-electron chi connectivity index (χ4n) is 3.34. The van der Waals surface area contributed by atoms with Gasteiger partial charge in [-0.2, -0.15) is 0 Å². The zero-order valence-electron chi connectivity index (χ0n) is 13.3. The number of aliphatic imine (C=N–C) groups is 1. The molecule has 1 aromatic rings. The van der Waals surface area contributed by atoms with Gasteiger partial charge in [0.2, 0.25) is 0 Å². The van der Waals surface area contributed by atoms with E-state index in [9.17, 15) is 8.42 Å². The van der Waals surface area contributed by atoms with E-state index in [0.717, 1.165) is 17.3 Å². The lowest BCUT2D eigenvalue weighted by Gasteiger charge is -2.25. The van der Waals surface area contributed by atoms with Crippen molar-refractivity contribution in [1.82, 2.24) is 4.72 Å². The van der Waals surface area contributed by atoms with Gasteiger partial charge in [0.1, 0.15) is 10.7 Å². The molecule has 0 spiro atoms. The fraction of sp³-hybridized carbons (Fsp3) is 0.471. The first kappa shape index (κ1) is 16.7. The van der Waals surface area contributed by atoms with Gasteiger partial charge in [0.25, 0.3) is 10.0 Å². The van der Waals surface area contributed by atoms with Gasteiger partial charge in [0.05, 0.1) is 6.04 Å². The number of nitrogens with zero attached hydrogens (tertiary/aromatic N) is 1. The van der Waals surface area contributed by atoms with E-state index in [4.69, 9.17) is 4.99 Å². The van der Waals surface area contributed by atoms with Crippen molar-refractivity contribution in [2.45, 2.75) is 45.6 Å². The molecule has 3 rings (SSSR count). The first-order chi connectivity index (χ1) is 10.9. The van der Waals surface area contributed by atoms with Crippen molar-refractivity contribution in [2.24, 2.45) is 10.9 Å². The summed E-state index contributed by atoms with van der Waals surface area (Å²) >= 11 is 3.40. The molecule has 1 aliphatic carbocycles. The van der Waals surface area contributed by atoms with Gasteiger partial charge >= 0.3 is 0 Å². The monoisotopic (exact) mass is 396 g/mol. The Morgan fingerprint density at radius 1 is 1.26 bits per heavy atom. The van der Waals surface area contributed by atoms with Crippen molar-refractivity contribution in [3.8, 4) is 0 Å². The second-order valence-corrected chi connectivity index (χ2v) is 8.91. The molecule has 1 fully saturated rings. The zero-order chi connectivity index (χ0) is 16.6. The van der Waals surface area contributed by atoms with Crippen LogP contribution in [0.1, 0.15) is 45.1 Å². The molecule has 6 heteroatoms. The molecule has 1 aliphatic heterocycles. The minimum absolute atomic E-state index is 0.207. The van der Waals surface area contributed by atoms with Crippen LogP contribution >= 0.6 is 15.9 Å². The van der Waals surface area contributed by atoms with E-state index in [-0.39, 0.29) is 6.04 Å². The third-order valence-corrected chi connectivity index (χ3v) is 6.68. The van der Waals surface area contributed by atoms with Gasteiger partial charge in [0.15, 0.2) is 0 Å². The van der Waals surface area contributed by atoms with E-state index in [2.05, 4.69) is 27.6 Å². The average molecular weight is 397 g/mol. The first-order valence-corrected chi connectivity index (χ1v) is 10.2. The Balaban J connectivity index is 2.02. The summed E-state index contributed by atoms with van der Waals surface area (Å²) in [6, 6.07) is 7.57. The predicted molar refractivity (Wildman–Crippen MR) is 97.6 cm³/mol. The molecule has 4 nitrogen and oxygen atoms in total. The molecule has 0 saturated heterocycles. The maximum atomic E-state index is 12.6. The molecule has 2 atom stereocenters. The van der Waals surface area contributed by atoms with Gasteiger partial charge in [0, 0.05) is 10.0 Å². The van der Waals surface area contributed by atoms with Crippen LogP contribution in [-0.2, 0) is 10.0 Å². The molecule has 1 aromatic carbocycles. The Labute approximate surface area is 146 Å². The summed E-state index contributed by atoms with van der Waals surface area (Å²) in [5.74, 6) is 1.02. The van der Waals surface area contributed by atoms with Crippen molar-refractivity contribution >= 4 is 36.7 Å². The van der Waals surface area contributed by atoms with Crippen LogP contribution in [-0.4, -0.2) is 20.3 Å². The van der Waals surface area contributed by atoms with E-state index in [1.807, 2.05) is 31.2 Å². The van der Waals surface area contributed by atoms with Gasteiger partial charge in [-0.25, -0.2) is 8.42 Å². The standard InChI is InChI=1S/C17H21BrN2O2S/c1-11-6-3-4-9-15(11)19-17-12(2)16(23(21,22)20-17)13-7-5-8-14(18)10-13/h5,7-8,10-11,15H,3-4,6,9H2,1-2H3,(H,19,20). The Hall–Kier alpha value is -1.14. The number of hydrogen-bond donors (Lipinski definition) is 1. The highest BCUT2D eigenvalue weighted by Gasteiger charge is 2.34. The number of rotatable bonds is 2. The minimum Gasteiger partial charge on any atom is -0.264 e. The van der Waals surface area contributed by atoms with Crippen LogP contribution in [0, 0.1) is 5.92 Å². The molecular weight excluding hydrogens is 376 g/mol. The van der Waals surface area contributed by atoms with Crippen LogP contribution in [0.25, 0.3) is 4.91 Å². The predicted octanol–water partition coefficient (Wildman–Crippen LogP) is 4.09. The van der Waals surface area contributed by atoms with Crippen molar-refractivity contribution in [2.75, 3.05) is 0 Å². The van der Waals surface area contributed by atoms with Gasteiger partial charge in [-0.1, -0.05) is 47.8 Å². The Morgan fingerprint density at radius 2 is 2.00 bits per heavy atom. The van der Waals surface area contributed by atoms with Crippen LogP contribution < -0.4 is 4.72 Å². The lowest BCUT2D eigenvalue weighted by atomic mass is 9.86. The van der Waals surface area contributed by atoms with Crippen molar-refractivity contribution in [3.63, 3.8) is 0 Å². The average Bonchev–Trinajstić information content (AvgIpc) is 2.70. The Morgan fingerprint density at radius 3 is 2.70 bits per heavy atom. The van der Waals surface area contributed by atoms with Crippen molar-refractivity contribution in [3.05, 3.63) is 39.9 Å². The maximum Gasteiger partial charge on any atom is 0.264 e. The zero-order valence-corrected chi connectivity index (χ0v) is 15.7. The lowest BCUT2D eigenvalue weighted by molar-refractivity contribution is 0.333. The van der Waals surface area contributed by atoms with Gasteiger partial charge in [-0.15, -0.1) is 0 Å². The van der Waals surface area contributed by atoms with Crippen LogP contribution in [0.4, 0.5) is 0 Å². The molecule has 2 unspecified atom stereocenters. The number of nitrogens with one attached hydrogen (secondary N) is 1. The highest BCUT2D eigenvalue weighted by molar-refractivity contribution is 9.10. The molecule has 23 heavy (non-hydrogen) atoms. The Kier molecular flexibility index (Phi) is 4.65. The molecule has 0 aromatic heterocycles. The second kappa shape index (κ2) is 6.40. The topological polar surface area (TPSA) is 58.5 Å². The molecular formula is C17H21BrN2O2S. The molecule has 0 bridgehead atoms. The maximum absolute atomic E-state index is 12.6. The largest absolute Gasteiger partial charge is 0.264 e. The normalized spacial score (nSPS) is 28.9. The molecule has 1 heterocycles. The summed E-state index contributed by atoms with van der Waals surface area (Å²) in [7, 11) is -3.55. The quantitative estimate of drug-likeness (QED) is 0.817. The number of benzene rings is 1. The summed E-state index contributed by atoms with van der Waals surface area (Å²) < 4.78 is 28.6. The fourth-order valence-corrected chi connectivity index (χ4v) is 5.24. The summed E-state index contributed by atoms with van der Waals surface area (Å²) in [6.45, 7) is 4.03. The molecule has 1 saturated carbocycles. The second-order valence-electron chi connectivity index (χ2n) is 6.38. The number of amidine groups is 1. The highest BCUT2D eigenvalue weighted by atomic mass is 79.9.